The van der Waals surface area contributed by atoms with Crippen molar-refractivity contribution in [3.8, 4) is 0 Å². The third kappa shape index (κ3) is 8.68. The van der Waals surface area contributed by atoms with Crippen LogP contribution in [-0.4, -0.2) is 17.0 Å². The van der Waals surface area contributed by atoms with Gasteiger partial charge in [0, 0.05) is 12.3 Å². The lowest BCUT2D eigenvalue weighted by Gasteiger charge is -2.11. The number of hydrogen-bond donors (Lipinski definition) is 3. The Morgan fingerprint density at radius 1 is 1.18 bits per heavy atom. The fourth-order valence-electron chi connectivity index (χ4n) is 1.79. The minimum absolute atomic E-state index is 0.0270. The lowest BCUT2D eigenvalue weighted by Crippen LogP contribution is -2.30. The molecule has 2 amide bonds. The Hall–Kier alpha value is -1.10. The first-order valence-electron chi connectivity index (χ1n) is 6.34. The van der Waals surface area contributed by atoms with E-state index in [0.717, 1.165) is 19.3 Å². The van der Waals surface area contributed by atoms with Crippen LogP contribution in [0.3, 0.4) is 0 Å². The molecule has 0 aliphatic carbocycles. The Morgan fingerprint density at radius 3 is 2.29 bits per heavy atom. The molecular formula is C12H24N2O3. The highest BCUT2D eigenvalue weighted by Crippen LogP contribution is 2.15. The predicted octanol–water partition coefficient (Wildman–Crippen LogP) is 1.73. The van der Waals surface area contributed by atoms with E-state index in [1.54, 1.807) is 0 Å². The van der Waals surface area contributed by atoms with Gasteiger partial charge in [0.25, 0.3) is 0 Å². The lowest BCUT2D eigenvalue weighted by molar-refractivity contribution is -0.133. The summed E-state index contributed by atoms with van der Waals surface area (Å²) in [6.07, 6.45) is 7.38. The summed E-state index contributed by atoms with van der Waals surface area (Å²) in [7, 11) is 0. The van der Waals surface area contributed by atoms with E-state index < -0.39 is 17.7 Å². The average molecular weight is 244 g/mol. The number of amides is 2. The normalized spacial score (nSPS) is 12.1. The number of hydroxylamine groups is 1. The molecular weight excluding hydrogens is 220 g/mol. The number of carbonyl (C=O) groups is 2. The summed E-state index contributed by atoms with van der Waals surface area (Å²) in [4.78, 5) is 22.0. The van der Waals surface area contributed by atoms with E-state index in [-0.39, 0.29) is 6.42 Å². The Morgan fingerprint density at radius 2 is 1.76 bits per heavy atom. The summed E-state index contributed by atoms with van der Waals surface area (Å²) in [5.74, 6) is -1.49. The topological polar surface area (TPSA) is 92.4 Å². The molecule has 0 saturated heterocycles. The van der Waals surface area contributed by atoms with Crippen molar-refractivity contribution in [3.63, 3.8) is 0 Å². The Balaban J connectivity index is 3.71. The van der Waals surface area contributed by atoms with Crippen molar-refractivity contribution in [2.45, 2.75) is 58.3 Å². The van der Waals surface area contributed by atoms with Gasteiger partial charge in [-0.25, -0.2) is 5.48 Å². The number of unbranched alkanes of at least 4 members (excludes halogenated alkanes) is 5. The highest BCUT2D eigenvalue weighted by Gasteiger charge is 2.18. The van der Waals surface area contributed by atoms with Crippen molar-refractivity contribution in [3.05, 3.63) is 0 Å². The molecule has 0 unspecified atom stereocenters. The van der Waals surface area contributed by atoms with E-state index in [2.05, 4.69) is 6.92 Å². The molecule has 0 aromatic rings. The zero-order valence-corrected chi connectivity index (χ0v) is 10.6. The van der Waals surface area contributed by atoms with Gasteiger partial charge in [-0.1, -0.05) is 45.4 Å². The Labute approximate surface area is 103 Å². The van der Waals surface area contributed by atoms with Gasteiger partial charge >= 0.3 is 0 Å². The molecule has 0 rings (SSSR count). The molecule has 17 heavy (non-hydrogen) atoms. The van der Waals surface area contributed by atoms with E-state index in [0.29, 0.717) is 6.42 Å². The minimum Gasteiger partial charge on any atom is -0.369 e. The van der Waals surface area contributed by atoms with Crippen molar-refractivity contribution in [1.82, 2.24) is 5.48 Å². The van der Waals surface area contributed by atoms with Gasteiger partial charge < -0.3 is 5.73 Å². The predicted molar refractivity (Wildman–Crippen MR) is 65.2 cm³/mol. The quantitative estimate of drug-likeness (QED) is 0.310. The molecule has 0 radical (unpaired) electrons. The highest BCUT2D eigenvalue weighted by molar-refractivity contribution is 5.84. The first kappa shape index (κ1) is 15.9. The number of carbonyl (C=O) groups excluding carboxylic acids is 2. The molecule has 100 valence electrons. The van der Waals surface area contributed by atoms with Gasteiger partial charge in [-0.3, -0.25) is 14.8 Å². The van der Waals surface area contributed by atoms with Crippen LogP contribution in [0.4, 0.5) is 0 Å². The molecule has 0 aliphatic rings. The molecule has 0 fully saturated rings. The molecule has 0 spiro atoms. The van der Waals surface area contributed by atoms with Crippen LogP contribution in [0.5, 0.6) is 0 Å². The molecule has 0 aromatic carbocycles. The van der Waals surface area contributed by atoms with Gasteiger partial charge in [0.1, 0.15) is 0 Å². The summed E-state index contributed by atoms with van der Waals surface area (Å²) in [6, 6.07) is 0. The van der Waals surface area contributed by atoms with Crippen molar-refractivity contribution in [1.29, 1.82) is 0 Å². The van der Waals surface area contributed by atoms with Gasteiger partial charge in [-0.15, -0.1) is 0 Å². The summed E-state index contributed by atoms with van der Waals surface area (Å²) < 4.78 is 0. The fourth-order valence-corrected chi connectivity index (χ4v) is 1.79. The summed E-state index contributed by atoms with van der Waals surface area (Å²) in [5.41, 5.74) is 6.72. The van der Waals surface area contributed by atoms with E-state index in [4.69, 9.17) is 10.9 Å². The number of hydrogen-bond acceptors (Lipinski definition) is 3. The molecule has 0 aliphatic heterocycles. The maximum Gasteiger partial charge on any atom is 0.244 e. The molecule has 5 heteroatoms. The zero-order chi connectivity index (χ0) is 13.1. The minimum atomic E-state index is -0.556. The number of nitrogens with two attached hydrogens (primary N) is 1. The second kappa shape index (κ2) is 10.1. The van der Waals surface area contributed by atoms with Gasteiger partial charge in [0.15, 0.2) is 0 Å². The van der Waals surface area contributed by atoms with E-state index in [9.17, 15) is 9.59 Å². The smallest absolute Gasteiger partial charge is 0.244 e. The summed E-state index contributed by atoms with van der Waals surface area (Å²) in [5, 5.41) is 8.38. The summed E-state index contributed by atoms with van der Waals surface area (Å²) in [6.45, 7) is 2.16. The van der Waals surface area contributed by atoms with Crippen LogP contribution in [0.1, 0.15) is 58.3 Å². The largest absolute Gasteiger partial charge is 0.369 e. The summed E-state index contributed by atoms with van der Waals surface area (Å²) >= 11 is 0. The van der Waals surface area contributed by atoms with Crippen LogP contribution in [0, 0.1) is 5.92 Å². The second-order valence-corrected chi connectivity index (χ2v) is 4.39. The standard InChI is InChI=1S/C12H24N2O3/c1-2-3-4-5-6-7-8-10(12(13)16)9-11(15)14-17/h10,17H,2-9H2,1H3,(H2,13,16)(H,14,15)/t10-/m1/s1. The van der Waals surface area contributed by atoms with Crippen LogP contribution in [0.15, 0.2) is 0 Å². The molecule has 5 nitrogen and oxygen atoms in total. The molecule has 0 aromatic heterocycles. The van der Waals surface area contributed by atoms with Gasteiger partial charge in [0.2, 0.25) is 11.8 Å². The SMILES string of the molecule is CCCCCCCC[C@H](CC(=O)NO)C(N)=O. The van der Waals surface area contributed by atoms with Crippen molar-refractivity contribution in [2.75, 3.05) is 0 Å². The molecule has 4 N–H and O–H groups in total. The molecule has 0 saturated carbocycles. The Kier molecular flexibility index (Phi) is 9.43. The van der Waals surface area contributed by atoms with E-state index >= 15 is 0 Å². The van der Waals surface area contributed by atoms with E-state index in [1.807, 2.05) is 0 Å². The van der Waals surface area contributed by atoms with Gasteiger partial charge in [0.05, 0.1) is 0 Å². The van der Waals surface area contributed by atoms with E-state index in [1.165, 1.54) is 24.7 Å². The molecule has 0 heterocycles. The second-order valence-electron chi connectivity index (χ2n) is 4.39. The number of primary amides is 1. The van der Waals surface area contributed by atoms with Gasteiger partial charge in [-0.2, -0.15) is 0 Å². The monoisotopic (exact) mass is 244 g/mol. The zero-order valence-electron chi connectivity index (χ0n) is 10.6. The third-order valence-electron chi connectivity index (χ3n) is 2.87. The molecule has 1 atom stereocenters. The average Bonchev–Trinajstić information content (AvgIpc) is 2.31. The lowest BCUT2D eigenvalue weighted by atomic mass is 9.96. The maximum atomic E-state index is 11.1. The number of rotatable bonds is 10. The fraction of sp³-hybridized carbons (Fsp3) is 0.833. The maximum absolute atomic E-state index is 11.1. The van der Waals surface area contributed by atoms with Crippen molar-refractivity contribution >= 4 is 11.8 Å². The van der Waals surface area contributed by atoms with Crippen molar-refractivity contribution < 1.29 is 14.8 Å². The van der Waals surface area contributed by atoms with Crippen LogP contribution < -0.4 is 11.2 Å². The highest BCUT2D eigenvalue weighted by atomic mass is 16.5. The Bertz CT molecular complexity index is 232. The van der Waals surface area contributed by atoms with Crippen LogP contribution in [0.2, 0.25) is 0 Å². The van der Waals surface area contributed by atoms with Crippen LogP contribution in [-0.2, 0) is 9.59 Å². The van der Waals surface area contributed by atoms with Crippen LogP contribution >= 0.6 is 0 Å². The first-order chi connectivity index (χ1) is 8.11. The third-order valence-corrected chi connectivity index (χ3v) is 2.87. The van der Waals surface area contributed by atoms with Gasteiger partial charge in [-0.05, 0) is 6.42 Å². The first-order valence-corrected chi connectivity index (χ1v) is 6.34. The molecule has 0 bridgehead atoms. The van der Waals surface area contributed by atoms with Crippen molar-refractivity contribution in [2.24, 2.45) is 11.7 Å². The van der Waals surface area contributed by atoms with Crippen LogP contribution in [0.25, 0.3) is 0 Å². The number of nitrogens with one attached hydrogen (secondary N) is 1.